The standard InChI is InChI=1S/C14H19N5OS/c1-21-14-17-16-13(12-2-4-15-5-3-12)19(14)7-6-18-8-10-20-11-9-18/h2-5H,6-11H2,1H3. The molecule has 2 aromatic rings. The zero-order chi connectivity index (χ0) is 14.5. The van der Waals surface area contributed by atoms with Crippen molar-refractivity contribution >= 4 is 11.8 Å². The summed E-state index contributed by atoms with van der Waals surface area (Å²) in [6, 6.07) is 3.94. The van der Waals surface area contributed by atoms with Crippen LogP contribution >= 0.6 is 11.8 Å². The molecule has 112 valence electrons. The van der Waals surface area contributed by atoms with E-state index < -0.39 is 0 Å². The predicted octanol–water partition coefficient (Wildman–Crippen LogP) is 1.39. The van der Waals surface area contributed by atoms with Gasteiger partial charge in [0.1, 0.15) is 0 Å². The van der Waals surface area contributed by atoms with Gasteiger partial charge >= 0.3 is 0 Å². The van der Waals surface area contributed by atoms with Crippen LogP contribution in [-0.4, -0.2) is 63.8 Å². The Morgan fingerprint density at radius 3 is 2.62 bits per heavy atom. The highest BCUT2D eigenvalue weighted by molar-refractivity contribution is 7.98. The number of morpholine rings is 1. The van der Waals surface area contributed by atoms with Crippen LogP contribution in [0.1, 0.15) is 0 Å². The van der Waals surface area contributed by atoms with E-state index in [-0.39, 0.29) is 0 Å². The molecule has 21 heavy (non-hydrogen) atoms. The lowest BCUT2D eigenvalue weighted by Gasteiger charge is -2.26. The summed E-state index contributed by atoms with van der Waals surface area (Å²) in [6.45, 7) is 5.54. The average Bonchev–Trinajstić information content (AvgIpc) is 2.97. The Bertz CT molecular complexity index is 568. The Morgan fingerprint density at radius 2 is 1.90 bits per heavy atom. The summed E-state index contributed by atoms with van der Waals surface area (Å²) in [5, 5.41) is 9.58. The number of thioether (sulfide) groups is 1. The van der Waals surface area contributed by atoms with E-state index in [1.807, 2.05) is 18.4 Å². The van der Waals surface area contributed by atoms with Gasteiger partial charge < -0.3 is 9.30 Å². The number of ether oxygens (including phenoxy) is 1. The first kappa shape index (κ1) is 14.5. The number of aromatic nitrogens is 4. The van der Waals surface area contributed by atoms with E-state index in [1.165, 1.54) is 0 Å². The minimum Gasteiger partial charge on any atom is -0.379 e. The number of hydrogen-bond donors (Lipinski definition) is 0. The molecule has 0 spiro atoms. The van der Waals surface area contributed by atoms with E-state index >= 15 is 0 Å². The summed E-state index contributed by atoms with van der Waals surface area (Å²) in [5.74, 6) is 0.912. The maximum absolute atomic E-state index is 5.39. The van der Waals surface area contributed by atoms with Crippen LogP contribution in [0.3, 0.4) is 0 Å². The monoisotopic (exact) mass is 305 g/mol. The number of nitrogens with zero attached hydrogens (tertiary/aromatic N) is 5. The minimum absolute atomic E-state index is 0.828. The van der Waals surface area contributed by atoms with Crippen molar-refractivity contribution in [3.8, 4) is 11.4 Å². The smallest absolute Gasteiger partial charge is 0.191 e. The first-order valence-electron chi connectivity index (χ1n) is 7.06. The van der Waals surface area contributed by atoms with E-state index in [2.05, 4.69) is 24.6 Å². The van der Waals surface area contributed by atoms with Crippen molar-refractivity contribution in [1.82, 2.24) is 24.6 Å². The fourth-order valence-corrected chi connectivity index (χ4v) is 2.94. The van der Waals surface area contributed by atoms with Gasteiger partial charge in [0.25, 0.3) is 0 Å². The van der Waals surface area contributed by atoms with E-state index in [0.717, 1.165) is 55.9 Å². The van der Waals surface area contributed by atoms with Crippen molar-refractivity contribution in [2.75, 3.05) is 39.1 Å². The summed E-state index contributed by atoms with van der Waals surface area (Å²) in [5.41, 5.74) is 1.06. The molecule has 0 atom stereocenters. The predicted molar refractivity (Wildman–Crippen MR) is 82.3 cm³/mol. The van der Waals surface area contributed by atoms with Crippen molar-refractivity contribution in [2.45, 2.75) is 11.7 Å². The van der Waals surface area contributed by atoms with E-state index in [4.69, 9.17) is 4.74 Å². The molecule has 0 amide bonds. The molecule has 1 fully saturated rings. The molecular weight excluding hydrogens is 286 g/mol. The van der Waals surface area contributed by atoms with Crippen molar-refractivity contribution in [1.29, 1.82) is 0 Å². The summed E-state index contributed by atoms with van der Waals surface area (Å²) >= 11 is 1.63. The first-order chi connectivity index (χ1) is 10.4. The van der Waals surface area contributed by atoms with Crippen molar-refractivity contribution < 1.29 is 4.74 Å². The topological polar surface area (TPSA) is 56.1 Å². The summed E-state index contributed by atoms with van der Waals surface area (Å²) in [4.78, 5) is 6.48. The van der Waals surface area contributed by atoms with Crippen LogP contribution in [0.2, 0.25) is 0 Å². The van der Waals surface area contributed by atoms with E-state index in [1.54, 1.807) is 24.2 Å². The van der Waals surface area contributed by atoms with Gasteiger partial charge in [0.2, 0.25) is 0 Å². The van der Waals surface area contributed by atoms with Gasteiger partial charge in [0.05, 0.1) is 13.2 Å². The number of rotatable bonds is 5. The zero-order valence-electron chi connectivity index (χ0n) is 12.1. The lowest BCUT2D eigenvalue weighted by atomic mass is 10.2. The maximum Gasteiger partial charge on any atom is 0.191 e. The Labute approximate surface area is 128 Å². The molecule has 3 rings (SSSR count). The highest BCUT2D eigenvalue weighted by Crippen LogP contribution is 2.22. The maximum atomic E-state index is 5.39. The second-order valence-electron chi connectivity index (χ2n) is 4.85. The Balaban J connectivity index is 1.77. The van der Waals surface area contributed by atoms with E-state index in [0.29, 0.717) is 0 Å². The van der Waals surface area contributed by atoms with Crippen molar-refractivity contribution in [2.24, 2.45) is 0 Å². The average molecular weight is 305 g/mol. The normalized spacial score (nSPS) is 16.2. The summed E-state index contributed by atoms with van der Waals surface area (Å²) < 4.78 is 7.58. The molecule has 0 radical (unpaired) electrons. The van der Waals surface area contributed by atoms with Crippen LogP contribution in [0, 0.1) is 0 Å². The van der Waals surface area contributed by atoms with Crippen LogP contribution in [-0.2, 0) is 11.3 Å². The lowest BCUT2D eigenvalue weighted by molar-refractivity contribution is 0.0361. The largest absolute Gasteiger partial charge is 0.379 e. The Kier molecular flexibility index (Phi) is 4.84. The van der Waals surface area contributed by atoms with Crippen LogP contribution in [0.4, 0.5) is 0 Å². The van der Waals surface area contributed by atoms with Crippen molar-refractivity contribution in [3.63, 3.8) is 0 Å². The molecule has 0 bridgehead atoms. The molecule has 1 aliphatic heterocycles. The van der Waals surface area contributed by atoms with Gasteiger partial charge in [-0.25, -0.2) is 0 Å². The Morgan fingerprint density at radius 1 is 1.14 bits per heavy atom. The molecule has 0 aromatic carbocycles. The van der Waals surface area contributed by atoms with Gasteiger partial charge in [-0.1, -0.05) is 11.8 Å². The molecule has 0 N–H and O–H groups in total. The molecular formula is C14H19N5OS. The minimum atomic E-state index is 0.828. The third-order valence-corrected chi connectivity index (χ3v) is 4.25. The second kappa shape index (κ2) is 7.02. The fraction of sp³-hybridized carbons (Fsp3) is 0.500. The van der Waals surface area contributed by atoms with Gasteiger partial charge in [0, 0.05) is 44.1 Å². The molecule has 0 saturated carbocycles. The van der Waals surface area contributed by atoms with Crippen LogP contribution in [0.15, 0.2) is 29.7 Å². The van der Waals surface area contributed by atoms with Gasteiger partial charge in [-0.3, -0.25) is 9.88 Å². The first-order valence-corrected chi connectivity index (χ1v) is 8.28. The third kappa shape index (κ3) is 3.42. The highest BCUT2D eigenvalue weighted by Gasteiger charge is 2.15. The van der Waals surface area contributed by atoms with E-state index in [9.17, 15) is 0 Å². The van der Waals surface area contributed by atoms with Gasteiger partial charge in [-0.2, -0.15) is 0 Å². The van der Waals surface area contributed by atoms with Gasteiger partial charge in [0.15, 0.2) is 11.0 Å². The van der Waals surface area contributed by atoms with Crippen molar-refractivity contribution in [3.05, 3.63) is 24.5 Å². The molecule has 2 aromatic heterocycles. The SMILES string of the molecule is CSc1nnc(-c2ccncc2)n1CCN1CCOCC1. The Hall–Kier alpha value is -1.44. The quantitative estimate of drug-likeness (QED) is 0.778. The molecule has 0 aliphatic carbocycles. The van der Waals surface area contributed by atoms with Gasteiger partial charge in [-0.05, 0) is 18.4 Å². The fourth-order valence-electron chi connectivity index (χ4n) is 2.42. The molecule has 1 saturated heterocycles. The molecule has 6 nitrogen and oxygen atoms in total. The van der Waals surface area contributed by atoms with Crippen LogP contribution in [0.25, 0.3) is 11.4 Å². The molecule has 3 heterocycles. The molecule has 1 aliphatic rings. The summed E-state index contributed by atoms with van der Waals surface area (Å²) in [6.07, 6.45) is 5.61. The third-order valence-electron chi connectivity index (χ3n) is 3.58. The van der Waals surface area contributed by atoms with Gasteiger partial charge in [-0.15, -0.1) is 10.2 Å². The molecule has 7 heteroatoms. The van der Waals surface area contributed by atoms with Crippen LogP contribution in [0.5, 0.6) is 0 Å². The zero-order valence-corrected chi connectivity index (χ0v) is 12.9. The number of pyridine rings is 1. The molecule has 0 unspecified atom stereocenters. The number of hydrogen-bond acceptors (Lipinski definition) is 6. The lowest BCUT2D eigenvalue weighted by Crippen LogP contribution is -2.38. The van der Waals surface area contributed by atoms with Crippen LogP contribution < -0.4 is 0 Å². The highest BCUT2D eigenvalue weighted by atomic mass is 32.2. The summed E-state index contributed by atoms with van der Waals surface area (Å²) in [7, 11) is 0. The second-order valence-corrected chi connectivity index (χ2v) is 5.63.